The quantitative estimate of drug-likeness (QED) is 0.783. The Hall–Kier alpha value is -0.0600. The van der Waals surface area contributed by atoms with E-state index in [1.54, 1.807) is 6.07 Å². The van der Waals surface area contributed by atoms with Gasteiger partial charge in [-0.05, 0) is 17.5 Å². The fourth-order valence-electron chi connectivity index (χ4n) is 2.90. The highest BCUT2D eigenvalue weighted by molar-refractivity contribution is 6.33. The molecule has 0 unspecified atom stereocenters. The molecule has 1 fully saturated rings. The number of nitrogens with zero attached hydrogens (tertiary/aromatic N) is 1. The molecule has 1 saturated heterocycles. The Morgan fingerprint density at radius 1 is 1.14 bits per heavy atom. The van der Waals surface area contributed by atoms with E-state index in [-0.39, 0.29) is 28.9 Å². The summed E-state index contributed by atoms with van der Waals surface area (Å²) in [4.78, 5) is 2.29. The van der Waals surface area contributed by atoms with Gasteiger partial charge < -0.3 is 5.32 Å². The Kier molecular flexibility index (Phi) is 6.76. The molecule has 2 rings (SSSR count). The van der Waals surface area contributed by atoms with Crippen molar-refractivity contribution in [2.75, 3.05) is 26.2 Å². The lowest BCUT2D eigenvalue weighted by atomic mass is 9.80. The van der Waals surface area contributed by atoms with Crippen LogP contribution in [0.1, 0.15) is 32.4 Å². The molecule has 2 nitrogen and oxygen atoms in total. The Labute approximate surface area is 142 Å². The van der Waals surface area contributed by atoms with Crippen LogP contribution in [0.25, 0.3) is 0 Å². The van der Waals surface area contributed by atoms with Gasteiger partial charge in [0.05, 0.1) is 5.02 Å². The highest BCUT2D eigenvalue weighted by Gasteiger charge is 2.36. The van der Waals surface area contributed by atoms with E-state index >= 15 is 0 Å². The second-order valence-corrected chi connectivity index (χ2v) is 7.13. The van der Waals surface area contributed by atoms with Crippen molar-refractivity contribution in [1.29, 1.82) is 0 Å². The zero-order valence-corrected chi connectivity index (χ0v) is 14.9. The lowest BCUT2D eigenvalue weighted by molar-refractivity contribution is 0.0835. The molecular formula is C15H22Cl3FN2. The Balaban J connectivity index is 0.00000220. The molecule has 0 bridgehead atoms. The predicted octanol–water partition coefficient (Wildman–Crippen LogP) is 4.55. The highest BCUT2D eigenvalue weighted by atomic mass is 35.5. The second kappa shape index (κ2) is 7.47. The summed E-state index contributed by atoms with van der Waals surface area (Å²) in [6.45, 7) is 9.90. The van der Waals surface area contributed by atoms with Crippen molar-refractivity contribution in [2.24, 2.45) is 5.41 Å². The number of rotatable bonds is 2. The zero-order valence-electron chi connectivity index (χ0n) is 12.5. The molecule has 1 aromatic rings. The molecule has 120 valence electrons. The first-order chi connectivity index (χ1) is 9.32. The minimum atomic E-state index is -0.391. The summed E-state index contributed by atoms with van der Waals surface area (Å²) in [6.07, 6.45) is 0. The molecule has 0 amide bonds. The summed E-state index contributed by atoms with van der Waals surface area (Å²) >= 11 is 12.2. The number of benzene rings is 1. The van der Waals surface area contributed by atoms with Crippen LogP contribution in [0.15, 0.2) is 12.1 Å². The largest absolute Gasteiger partial charge is 0.314 e. The van der Waals surface area contributed by atoms with Gasteiger partial charge in [0, 0.05) is 42.8 Å². The summed E-state index contributed by atoms with van der Waals surface area (Å²) < 4.78 is 14.5. The normalized spacial score (nSPS) is 18.2. The van der Waals surface area contributed by atoms with Gasteiger partial charge in [0.15, 0.2) is 0 Å². The molecule has 0 spiro atoms. The van der Waals surface area contributed by atoms with Gasteiger partial charge in [0.2, 0.25) is 0 Å². The van der Waals surface area contributed by atoms with Gasteiger partial charge in [0.25, 0.3) is 0 Å². The SMILES string of the molecule is CC(C)(C)[C@@H](c1c(Cl)ccc(Cl)c1F)N1CCNCC1.Cl. The molecular weight excluding hydrogens is 334 g/mol. The van der Waals surface area contributed by atoms with Crippen molar-refractivity contribution < 1.29 is 4.39 Å². The van der Waals surface area contributed by atoms with E-state index in [4.69, 9.17) is 23.2 Å². The Morgan fingerprint density at radius 3 is 2.19 bits per heavy atom. The van der Waals surface area contributed by atoms with Crippen LogP contribution in [-0.2, 0) is 0 Å². The van der Waals surface area contributed by atoms with Crippen LogP contribution in [0, 0.1) is 11.2 Å². The van der Waals surface area contributed by atoms with E-state index in [2.05, 4.69) is 31.0 Å². The standard InChI is InChI=1S/C15H21Cl2FN2.ClH/c1-15(2,3)14(20-8-6-19-7-9-20)12-10(16)4-5-11(17)13(12)18;/h4-5,14,19H,6-9H2,1-3H3;1H/t14-;/m1./s1. The van der Waals surface area contributed by atoms with Crippen LogP contribution in [-0.4, -0.2) is 31.1 Å². The van der Waals surface area contributed by atoms with Crippen molar-refractivity contribution in [2.45, 2.75) is 26.8 Å². The van der Waals surface area contributed by atoms with Gasteiger partial charge in [-0.2, -0.15) is 0 Å². The molecule has 1 aliphatic heterocycles. The van der Waals surface area contributed by atoms with Gasteiger partial charge in [-0.15, -0.1) is 12.4 Å². The van der Waals surface area contributed by atoms with Crippen molar-refractivity contribution in [3.8, 4) is 0 Å². The van der Waals surface area contributed by atoms with E-state index in [1.807, 2.05) is 0 Å². The molecule has 21 heavy (non-hydrogen) atoms. The number of hydrogen-bond acceptors (Lipinski definition) is 2. The average molecular weight is 356 g/mol. The third kappa shape index (κ3) is 4.23. The van der Waals surface area contributed by atoms with E-state index in [0.717, 1.165) is 26.2 Å². The molecule has 0 aliphatic carbocycles. The van der Waals surface area contributed by atoms with Crippen LogP contribution >= 0.6 is 35.6 Å². The van der Waals surface area contributed by atoms with Gasteiger partial charge >= 0.3 is 0 Å². The molecule has 1 aromatic carbocycles. The van der Waals surface area contributed by atoms with Gasteiger partial charge in [-0.25, -0.2) is 4.39 Å². The van der Waals surface area contributed by atoms with Gasteiger partial charge in [-0.3, -0.25) is 4.90 Å². The maximum absolute atomic E-state index is 14.5. The van der Waals surface area contributed by atoms with Crippen molar-refractivity contribution >= 4 is 35.6 Å². The molecule has 1 aliphatic rings. The molecule has 6 heteroatoms. The molecule has 1 atom stereocenters. The maximum Gasteiger partial charge on any atom is 0.148 e. The Morgan fingerprint density at radius 2 is 1.67 bits per heavy atom. The van der Waals surface area contributed by atoms with E-state index in [1.165, 1.54) is 6.07 Å². The summed E-state index contributed by atoms with van der Waals surface area (Å²) in [6, 6.07) is 3.11. The number of piperazine rings is 1. The number of hydrogen-bond donors (Lipinski definition) is 1. The maximum atomic E-state index is 14.5. The third-order valence-electron chi connectivity index (χ3n) is 3.69. The molecule has 1 heterocycles. The van der Waals surface area contributed by atoms with E-state index < -0.39 is 5.82 Å². The monoisotopic (exact) mass is 354 g/mol. The van der Waals surface area contributed by atoms with Gasteiger partial charge in [-0.1, -0.05) is 44.0 Å². The van der Waals surface area contributed by atoms with Crippen molar-refractivity contribution in [3.63, 3.8) is 0 Å². The first kappa shape index (κ1) is 19.0. The third-order valence-corrected chi connectivity index (χ3v) is 4.31. The summed E-state index contributed by atoms with van der Waals surface area (Å²) in [7, 11) is 0. The van der Waals surface area contributed by atoms with Crippen LogP contribution in [0.2, 0.25) is 10.0 Å². The first-order valence-corrected chi connectivity index (χ1v) is 7.66. The second-order valence-electron chi connectivity index (χ2n) is 6.31. The van der Waals surface area contributed by atoms with Crippen LogP contribution in [0.3, 0.4) is 0 Å². The molecule has 0 aromatic heterocycles. The fourth-order valence-corrected chi connectivity index (χ4v) is 3.31. The number of halogens is 4. The van der Waals surface area contributed by atoms with Crippen LogP contribution in [0.4, 0.5) is 4.39 Å². The minimum Gasteiger partial charge on any atom is -0.314 e. The summed E-state index contributed by atoms with van der Waals surface area (Å²) in [5.41, 5.74) is 0.389. The van der Waals surface area contributed by atoms with Crippen molar-refractivity contribution in [3.05, 3.63) is 33.6 Å². The summed E-state index contributed by atoms with van der Waals surface area (Å²) in [5.74, 6) is -0.391. The van der Waals surface area contributed by atoms with Crippen LogP contribution < -0.4 is 5.32 Å². The highest BCUT2D eigenvalue weighted by Crippen LogP contribution is 2.43. The van der Waals surface area contributed by atoms with E-state index in [0.29, 0.717) is 10.6 Å². The van der Waals surface area contributed by atoms with Crippen LogP contribution in [0.5, 0.6) is 0 Å². The van der Waals surface area contributed by atoms with Gasteiger partial charge in [0.1, 0.15) is 5.82 Å². The topological polar surface area (TPSA) is 15.3 Å². The molecule has 0 radical (unpaired) electrons. The summed E-state index contributed by atoms with van der Waals surface area (Å²) in [5, 5.41) is 3.90. The lowest BCUT2D eigenvalue weighted by Crippen LogP contribution is -2.48. The van der Waals surface area contributed by atoms with E-state index in [9.17, 15) is 4.39 Å². The molecule has 1 N–H and O–H groups in total. The predicted molar refractivity (Wildman–Crippen MR) is 90.3 cm³/mol. The number of nitrogens with one attached hydrogen (secondary N) is 1. The first-order valence-electron chi connectivity index (χ1n) is 6.90. The smallest absolute Gasteiger partial charge is 0.148 e. The van der Waals surface area contributed by atoms with Crippen molar-refractivity contribution in [1.82, 2.24) is 10.2 Å². The Bertz CT molecular complexity index is 483. The molecule has 0 saturated carbocycles. The fraction of sp³-hybridized carbons (Fsp3) is 0.600. The zero-order chi connectivity index (χ0) is 14.9. The minimum absolute atomic E-state index is 0. The average Bonchev–Trinajstić information content (AvgIpc) is 2.39. The lowest BCUT2D eigenvalue weighted by Gasteiger charge is -2.43.